The number of allylic oxidation sites excluding steroid dienone is 3. The highest BCUT2D eigenvalue weighted by atomic mass is 16.4. The summed E-state index contributed by atoms with van der Waals surface area (Å²) in [6, 6.07) is 6.24. The van der Waals surface area contributed by atoms with Gasteiger partial charge in [0.05, 0.1) is 11.1 Å². The molecule has 4 heteroatoms. The molecule has 1 rings (SSSR count). The SMILES string of the molecule is CC.CC/C(=C\C=C(C)C)C(C)CNC(=O)c1ccccc1C(=O)O. The quantitative estimate of drug-likeness (QED) is 0.677. The van der Waals surface area contributed by atoms with Gasteiger partial charge in [-0.3, -0.25) is 4.79 Å². The summed E-state index contributed by atoms with van der Waals surface area (Å²) in [5.74, 6) is -1.26. The smallest absolute Gasteiger partial charge is 0.336 e. The number of carbonyl (C=O) groups is 2. The van der Waals surface area contributed by atoms with E-state index in [-0.39, 0.29) is 23.0 Å². The molecule has 0 aliphatic heterocycles. The molecule has 1 amide bonds. The van der Waals surface area contributed by atoms with Crippen molar-refractivity contribution in [3.05, 3.63) is 58.7 Å². The van der Waals surface area contributed by atoms with Gasteiger partial charge in [-0.1, -0.05) is 63.1 Å². The van der Waals surface area contributed by atoms with Crippen LogP contribution in [0.3, 0.4) is 0 Å². The molecule has 1 atom stereocenters. The Morgan fingerprint density at radius 2 is 1.68 bits per heavy atom. The highest BCUT2D eigenvalue weighted by molar-refractivity contribution is 6.04. The molecule has 2 N–H and O–H groups in total. The Hall–Kier alpha value is -2.36. The number of nitrogens with one attached hydrogen (secondary N) is 1. The molecule has 0 saturated heterocycles. The largest absolute Gasteiger partial charge is 0.478 e. The Morgan fingerprint density at radius 3 is 2.16 bits per heavy atom. The van der Waals surface area contributed by atoms with Crippen molar-refractivity contribution in [1.29, 1.82) is 0 Å². The third kappa shape index (κ3) is 7.84. The first-order valence-electron chi connectivity index (χ1n) is 8.81. The van der Waals surface area contributed by atoms with E-state index in [1.807, 2.05) is 27.7 Å². The van der Waals surface area contributed by atoms with Crippen LogP contribution in [-0.2, 0) is 0 Å². The minimum atomic E-state index is -1.10. The van der Waals surface area contributed by atoms with Gasteiger partial charge in [0, 0.05) is 6.54 Å². The van der Waals surface area contributed by atoms with Crippen LogP contribution in [0, 0.1) is 5.92 Å². The highest BCUT2D eigenvalue weighted by Gasteiger charge is 2.16. The maximum Gasteiger partial charge on any atom is 0.336 e. The van der Waals surface area contributed by atoms with Crippen molar-refractivity contribution in [2.24, 2.45) is 5.92 Å². The van der Waals surface area contributed by atoms with Crippen molar-refractivity contribution in [2.75, 3.05) is 6.54 Å². The number of carboxylic acid groups (broad SMARTS) is 1. The van der Waals surface area contributed by atoms with Gasteiger partial charge in [-0.05, 0) is 38.3 Å². The number of aromatic carboxylic acids is 1. The van der Waals surface area contributed by atoms with E-state index in [0.29, 0.717) is 6.54 Å². The second kappa shape index (κ2) is 12.1. The van der Waals surface area contributed by atoms with E-state index in [4.69, 9.17) is 5.11 Å². The lowest BCUT2D eigenvalue weighted by Gasteiger charge is -2.16. The molecule has 0 aromatic heterocycles. The van der Waals surface area contributed by atoms with Crippen molar-refractivity contribution < 1.29 is 14.7 Å². The second-order valence-corrected chi connectivity index (χ2v) is 5.80. The molecule has 4 nitrogen and oxygen atoms in total. The van der Waals surface area contributed by atoms with Gasteiger partial charge in [0.1, 0.15) is 0 Å². The Morgan fingerprint density at radius 1 is 1.12 bits per heavy atom. The summed E-state index contributed by atoms with van der Waals surface area (Å²) in [6.45, 7) is 12.7. The number of hydrogen-bond acceptors (Lipinski definition) is 2. The first-order chi connectivity index (χ1) is 11.9. The van der Waals surface area contributed by atoms with Crippen molar-refractivity contribution in [2.45, 2.75) is 48.0 Å². The Balaban J connectivity index is 0.00000277. The number of carbonyl (C=O) groups excluding carboxylic acids is 1. The fourth-order valence-corrected chi connectivity index (χ4v) is 2.24. The molecule has 1 unspecified atom stereocenters. The fraction of sp³-hybridized carbons (Fsp3) is 0.429. The van der Waals surface area contributed by atoms with Crippen LogP contribution in [0.5, 0.6) is 0 Å². The molecule has 0 fully saturated rings. The number of carboxylic acids is 1. The molecule has 0 aliphatic rings. The van der Waals surface area contributed by atoms with Crippen LogP contribution in [0.2, 0.25) is 0 Å². The number of benzene rings is 1. The third-order valence-corrected chi connectivity index (χ3v) is 3.64. The van der Waals surface area contributed by atoms with Crippen molar-refractivity contribution in [3.8, 4) is 0 Å². The number of hydrogen-bond donors (Lipinski definition) is 2. The summed E-state index contributed by atoms with van der Waals surface area (Å²) in [5, 5.41) is 12.0. The van der Waals surface area contributed by atoms with Gasteiger partial charge >= 0.3 is 5.97 Å². The molecule has 0 aliphatic carbocycles. The lowest BCUT2D eigenvalue weighted by molar-refractivity contribution is 0.0691. The van der Waals surface area contributed by atoms with E-state index in [1.54, 1.807) is 12.1 Å². The van der Waals surface area contributed by atoms with Crippen LogP contribution in [0.15, 0.2) is 47.6 Å². The van der Waals surface area contributed by atoms with Gasteiger partial charge in [-0.15, -0.1) is 0 Å². The predicted molar refractivity (Wildman–Crippen MR) is 104 cm³/mol. The molecular weight excluding hydrogens is 314 g/mol. The molecule has 1 aromatic rings. The summed E-state index contributed by atoms with van der Waals surface area (Å²) in [4.78, 5) is 23.4. The number of amides is 1. The van der Waals surface area contributed by atoms with Gasteiger partial charge in [-0.2, -0.15) is 0 Å². The third-order valence-electron chi connectivity index (χ3n) is 3.64. The van der Waals surface area contributed by atoms with Crippen LogP contribution in [0.25, 0.3) is 0 Å². The average Bonchev–Trinajstić information content (AvgIpc) is 2.61. The molecule has 0 heterocycles. The zero-order chi connectivity index (χ0) is 19.4. The van der Waals surface area contributed by atoms with Crippen molar-refractivity contribution >= 4 is 11.9 Å². The fourth-order valence-electron chi connectivity index (χ4n) is 2.24. The van der Waals surface area contributed by atoms with Gasteiger partial charge in [0.2, 0.25) is 0 Å². The highest BCUT2D eigenvalue weighted by Crippen LogP contribution is 2.15. The summed E-state index contributed by atoms with van der Waals surface area (Å²) in [6.07, 6.45) is 5.07. The van der Waals surface area contributed by atoms with Gasteiger partial charge in [0.15, 0.2) is 0 Å². The van der Waals surface area contributed by atoms with E-state index in [0.717, 1.165) is 6.42 Å². The minimum Gasteiger partial charge on any atom is -0.478 e. The standard InChI is InChI=1S/C19H25NO3.C2H6/c1-5-15(11-10-13(2)3)14(4)12-20-18(21)16-8-6-7-9-17(16)19(22)23;1-2/h6-11,14H,5,12H2,1-4H3,(H,20,21)(H,22,23);1-2H3/b15-11+;. The van der Waals surface area contributed by atoms with Crippen molar-refractivity contribution in [1.82, 2.24) is 5.32 Å². The maximum atomic E-state index is 12.2. The zero-order valence-electron chi connectivity index (χ0n) is 16.2. The first kappa shape index (κ1) is 22.6. The predicted octanol–water partition coefficient (Wildman–Crippen LogP) is 5.08. The molecule has 0 radical (unpaired) electrons. The lowest BCUT2D eigenvalue weighted by Crippen LogP contribution is -2.30. The normalized spacial score (nSPS) is 11.7. The minimum absolute atomic E-state index is 0.0217. The lowest BCUT2D eigenvalue weighted by atomic mass is 9.97. The van der Waals surface area contributed by atoms with E-state index >= 15 is 0 Å². The van der Waals surface area contributed by atoms with Crippen LogP contribution in [0.1, 0.15) is 68.7 Å². The monoisotopic (exact) mass is 345 g/mol. The molecule has 25 heavy (non-hydrogen) atoms. The second-order valence-electron chi connectivity index (χ2n) is 5.80. The molecule has 0 spiro atoms. The van der Waals surface area contributed by atoms with E-state index in [2.05, 4.69) is 31.3 Å². The summed E-state index contributed by atoms with van der Waals surface area (Å²) < 4.78 is 0. The maximum absolute atomic E-state index is 12.2. The number of rotatable bonds is 7. The van der Waals surface area contributed by atoms with Crippen molar-refractivity contribution in [3.63, 3.8) is 0 Å². The summed E-state index contributed by atoms with van der Waals surface area (Å²) in [5.41, 5.74) is 2.69. The Labute approximate surface area is 151 Å². The van der Waals surface area contributed by atoms with Gasteiger partial charge < -0.3 is 10.4 Å². The summed E-state index contributed by atoms with van der Waals surface area (Å²) in [7, 11) is 0. The van der Waals surface area contributed by atoms with Crippen LogP contribution in [-0.4, -0.2) is 23.5 Å². The zero-order valence-corrected chi connectivity index (χ0v) is 16.2. The van der Waals surface area contributed by atoms with Gasteiger partial charge in [-0.25, -0.2) is 4.79 Å². The summed E-state index contributed by atoms with van der Waals surface area (Å²) >= 11 is 0. The van der Waals surface area contributed by atoms with E-state index < -0.39 is 5.97 Å². The topological polar surface area (TPSA) is 66.4 Å². The molecule has 1 aromatic carbocycles. The molecule has 0 saturated carbocycles. The molecular formula is C21H31NO3. The average molecular weight is 345 g/mol. The van der Waals surface area contributed by atoms with Crippen LogP contribution >= 0.6 is 0 Å². The molecule has 138 valence electrons. The van der Waals surface area contributed by atoms with Gasteiger partial charge in [0.25, 0.3) is 5.91 Å². The van der Waals surface area contributed by atoms with E-state index in [1.165, 1.54) is 23.3 Å². The Bertz CT molecular complexity index is 626. The first-order valence-corrected chi connectivity index (χ1v) is 8.81. The Kier molecular flexibility index (Phi) is 10.9. The molecule has 0 bridgehead atoms. The van der Waals surface area contributed by atoms with E-state index in [9.17, 15) is 9.59 Å². The van der Waals surface area contributed by atoms with Crippen LogP contribution in [0.4, 0.5) is 0 Å². The van der Waals surface area contributed by atoms with Crippen LogP contribution < -0.4 is 5.32 Å².